The molecule has 2 unspecified atom stereocenters. The van der Waals surface area contributed by atoms with Crippen LogP contribution in [0.3, 0.4) is 0 Å². The Morgan fingerprint density at radius 3 is 2.05 bits per heavy atom. The summed E-state index contributed by atoms with van der Waals surface area (Å²) in [5.41, 5.74) is 0. The lowest BCUT2D eigenvalue weighted by Crippen LogP contribution is -2.46. The van der Waals surface area contributed by atoms with Crippen molar-refractivity contribution >= 4 is 17.9 Å². The predicted octanol–water partition coefficient (Wildman–Crippen LogP) is 1.70. The van der Waals surface area contributed by atoms with Gasteiger partial charge in [-0.1, -0.05) is 20.8 Å². The van der Waals surface area contributed by atoms with E-state index in [0.29, 0.717) is 0 Å². The minimum absolute atomic E-state index is 0.0178. The molecular weight excluding hydrogens is 248 g/mol. The Morgan fingerprint density at radius 1 is 1.11 bits per heavy atom. The van der Waals surface area contributed by atoms with Crippen LogP contribution in [0.5, 0.6) is 0 Å². The molecule has 2 N–H and O–H groups in total. The van der Waals surface area contributed by atoms with Crippen molar-refractivity contribution in [2.45, 2.75) is 46.6 Å². The number of hydrogen-bond donors (Lipinski definition) is 2. The number of hydrogen-bond acceptors (Lipinski definition) is 3. The predicted molar refractivity (Wildman–Crippen MR) is 71.6 cm³/mol. The van der Waals surface area contributed by atoms with Crippen LogP contribution in [0.1, 0.15) is 40.5 Å². The molecule has 0 bridgehead atoms. The summed E-state index contributed by atoms with van der Waals surface area (Å²) < 4.78 is 0. The number of urea groups is 1. The molecule has 2 atom stereocenters. The molecule has 0 fully saturated rings. The SMILES string of the molecule is CC(CC(=O)O)CC(=O)NC(=O)N(C)C(C)C(C)C. The van der Waals surface area contributed by atoms with Gasteiger partial charge in [-0.3, -0.25) is 14.9 Å². The van der Waals surface area contributed by atoms with E-state index >= 15 is 0 Å². The molecule has 0 saturated carbocycles. The largest absolute Gasteiger partial charge is 0.481 e. The fourth-order valence-corrected chi connectivity index (χ4v) is 1.58. The third-order valence-electron chi connectivity index (χ3n) is 3.20. The molecule has 3 amide bonds. The molecule has 0 aliphatic heterocycles. The van der Waals surface area contributed by atoms with E-state index < -0.39 is 17.9 Å². The van der Waals surface area contributed by atoms with Gasteiger partial charge >= 0.3 is 12.0 Å². The van der Waals surface area contributed by atoms with E-state index in [1.807, 2.05) is 20.8 Å². The van der Waals surface area contributed by atoms with E-state index in [4.69, 9.17) is 5.11 Å². The summed E-state index contributed by atoms with van der Waals surface area (Å²) in [6, 6.07) is -0.432. The lowest BCUT2D eigenvalue weighted by Gasteiger charge is -2.27. The fraction of sp³-hybridized carbons (Fsp3) is 0.769. The van der Waals surface area contributed by atoms with Gasteiger partial charge in [-0.15, -0.1) is 0 Å². The minimum atomic E-state index is -0.947. The zero-order valence-corrected chi connectivity index (χ0v) is 12.3. The van der Waals surface area contributed by atoms with E-state index in [9.17, 15) is 14.4 Å². The number of carbonyl (C=O) groups excluding carboxylic acids is 2. The van der Waals surface area contributed by atoms with Gasteiger partial charge in [0.05, 0.1) is 0 Å². The first-order valence-electron chi connectivity index (χ1n) is 6.43. The normalized spacial score (nSPS) is 13.8. The molecule has 0 radical (unpaired) electrons. The van der Waals surface area contributed by atoms with Gasteiger partial charge in [-0.2, -0.15) is 0 Å². The van der Waals surface area contributed by atoms with Gasteiger partial charge in [0.25, 0.3) is 0 Å². The van der Waals surface area contributed by atoms with Crippen molar-refractivity contribution in [1.29, 1.82) is 0 Å². The molecule has 0 aliphatic rings. The second kappa shape index (κ2) is 7.76. The molecule has 0 aromatic heterocycles. The van der Waals surface area contributed by atoms with Crippen molar-refractivity contribution in [2.24, 2.45) is 11.8 Å². The fourth-order valence-electron chi connectivity index (χ4n) is 1.58. The zero-order chi connectivity index (χ0) is 15.2. The second-order valence-electron chi connectivity index (χ2n) is 5.36. The molecule has 0 aromatic rings. The Hall–Kier alpha value is -1.59. The van der Waals surface area contributed by atoms with Crippen LogP contribution in [-0.2, 0) is 9.59 Å². The average Bonchev–Trinajstić information content (AvgIpc) is 2.24. The Kier molecular flexibility index (Phi) is 7.11. The lowest BCUT2D eigenvalue weighted by molar-refractivity contribution is -0.138. The van der Waals surface area contributed by atoms with E-state index in [0.717, 1.165) is 0 Å². The molecule has 0 aromatic carbocycles. The number of carbonyl (C=O) groups is 3. The number of carboxylic acids is 1. The summed E-state index contributed by atoms with van der Waals surface area (Å²) in [5.74, 6) is -1.39. The highest BCUT2D eigenvalue weighted by Gasteiger charge is 2.21. The maximum Gasteiger partial charge on any atom is 0.324 e. The van der Waals surface area contributed by atoms with Crippen molar-refractivity contribution in [3.05, 3.63) is 0 Å². The van der Waals surface area contributed by atoms with Crippen LogP contribution in [0.2, 0.25) is 0 Å². The highest BCUT2D eigenvalue weighted by Crippen LogP contribution is 2.09. The highest BCUT2D eigenvalue weighted by molar-refractivity contribution is 5.94. The van der Waals surface area contributed by atoms with E-state index in [-0.39, 0.29) is 30.7 Å². The highest BCUT2D eigenvalue weighted by atomic mass is 16.4. The number of imide groups is 1. The van der Waals surface area contributed by atoms with Crippen molar-refractivity contribution in [3.63, 3.8) is 0 Å². The Bertz CT molecular complexity index is 342. The van der Waals surface area contributed by atoms with Crippen LogP contribution in [0, 0.1) is 11.8 Å². The van der Waals surface area contributed by atoms with Gasteiger partial charge in [0.2, 0.25) is 5.91 Å². The maximum absolute atomic E-state index is 11.8. The summed E-state index contributed by atoms with van der Waals surface area (Å²) in [4.78, 5) is 35.3. The van der Waals surface area contributed by atoms with Crippen molar-refractivity contribution in [2.75, 3.05) is 7.05 Å². The molecule has 0 spiro atoms. The molecule has 0 aliphatic carbocycles. The Morgan fingerprint density at radius 2 is 1.63 bits per heavy atom. The van der Waals surface area contributed by atoms with E-state index in [1.54, 1.807) is 14.0 Å². The maximum atomic E-state index is 11.8. The summed E-state index contributed by atoms with van der Waals surface area (Å²) in [7, 11) is 1.63. The first kappa shape index (κ1) is 17.4. The van der Waals surface area contributed by atoms with Crippen molar-refractivity contribution in [3.8, 4) is 0 Å². The van der Waals surface area contributed by atoms with Crippen LogP contribution in [0.15, 0.2) is 0 Å². The molecule has 0 rings (SSSR count). The smallest absolute Gasteiger partial charge is 0.324 e. The van der Waals surface area contributed by atoms with Gasteiger partial charge in [0, 0.05) is 25.9 Å². The third kappa shape index (κ3) is 6.79. The topological polar surface area (TPSA) is 86.7 Å². The van der Waals surface area contributed by atoms with Crippen LogP contribution < -0.4 is 5.32 Å². The number of carboxylic acid groups (broad SMARTS) is 1. The molecule has 6 heteroatoms. The molecule has 0 saturated heterocycles. The van der Waals surface area contributed by atoms with Crippen molar-refractivity contribution in [1.82, 2.24) is 10.2 Å². The summed E-state index contributed by atoms with van der Waals surface area (Å²) in [5, 5.41) is 10.9. The van der Waals surface area contributed by atoms with Gasteiger partial charge < -0.3 is 10.0 Å². The summed E-state index contributed by atoms with van der Waals surface area (Å²) in [6.07, 6.45) is -0.0538. The van der Waals surface area contributed by atoms with E-state index in [2.05, 4.69) is 5.32 Å². The molecule has 0 heterocycles. The molecule has 6 nitrogen and oxygen atoms in total. The van der Waals surface area contributed by atoms with Crippen LogP contribution >= 0.6 is 0 Å². The number of rotatable bonds is 6. The van der Waals surface area contributed by atoms with Crippen LogP contribution in [0.4, 0.5) is 4.79 Å². The number of aliphatic carboxylic acids is 1. The first-order chi connectivity index (χ1) is 8.65. The Labute approximate surface area is 114 Å². The van der Waals surface area contributed by atoms with E-state index in [1.165, 1.54) is 4.90 Å². The zero-order valence-electron chi connectivity index (χ0n) is 12.3. The molecule has 19 heavy (non-hydrogen) atoms. The van der Waals surface area contributed by atoms with Crippen LogP contribution in [-0.4, -0.2) is 41.0 Å². The monoisotopic (exact) mass is 272 g/mol. The quantitative estimate of drug-likeness (QED) is 0.770. The van der Waals surface area contributed by atoms with Gasteiger partial charge in [-0.25, -0.2) is 4.79 Å². The lowest BCUT2D eigenvalue weighted by atomic mass is 10.0. The molecule has 110 valence electrons. The Balaban J connectivity index is 4.26. The van der Waals surface area contributed by atoms with Crippen molar-refractivity contribution < 1.29 is 19.5 Å². The number of nitrogens with zero attached hydrogens (tertiary/aromatic N) is 1. The number of nitrogens with one attached hydrogen (secondary N) is 1. The third-order valence-corrected chi connectivity index (χ3v) is 3.20. The van der Waals surface area contributed by atoms with Gasteiger partial charge in [0.15, 0.2) is 0 Å². The van der Waals surface area contributed by atoms with Crippen LogP contribution in [0.25, 0.3) is 0 Å². The second-order valence-corrected chi connectivity index (χ2v) is 5.36. The first-order valence-corrected chi connectivity index (χ1v) is 6.43. The number of amides is 3. The van der Waals surface area contributed by atoms with Gasteiger partial charge in [-0.05, 0) is 18.8 Å². The average molecular weight is 272 g/mol. The summed E-state index contributed by atoms with van der Waals surface area (Å²) in [6.45, 7) is 7.55. The van der Waals surface area contributed by atoms with Gasteiger partial charge in [0.1, 0.15) is 0 Å². The summed E-state index contributed by atoms with van der Waals surface area (Å²) >= 11 is 0. The minimum Gasteiger partial charge on any atom is -0.481 e. The standard InChI is InChI=1S/C13H24N2O4/c1-8(2)10(4)15(5)13(19)14-11(16)6-9(3)7-12(17)18/h8-10H,6-7H2,1-5H3,(H,17,18)(H,14,16,19). The molecular formula is C13H24N2O4.